The van der Waals surface area contributed by atoms with Gasteiger partial charge < -0.3 is 9.80 Å². The molecule has 0 saturated heterocycles. The Bertz CT molecular complexity index is 622. The maximum Gasteiger partial charge on any atom is 0.0607 e. The van der Waals surface area contributed by atoms with Crippen LogP contribution in [-0.2, 0) is 0 Å². The summed E-state index contributed by atoms with van der Waals surface area (Å²) in [5.41, 5.74) is 2.37. The first kappa shape index (κ1) is 15.1. The predicted molar refractivity (Wildman–Crippen MR) is 95.7 cm³/mol. The third-order valence-electron chi connectivity index (χ3n) is 3.00. The quantitative estimate of drug-likeness (QED) is 0.615. The summed E-state index contributed by atoms with van der Waals surface area (Å²) in [6, 6.07) is 6.33. The molecule has 2 nitrogen and oxygen atoms in total. The van der Waals surface area contributed by atoms with Crippen molar-refractivity contribution < 1.29 is 0 Å². The molecule has 0 aromatic heterocycles. The molecule has 2 aromatic carbocycles. The lowest BCUT2D eigenvalue weighted by molar-refractivity contribution is 1.11. The highest BCUT2D eigenvalue weighted by Gasteiger charge is 2.17. The van der Waals surface area contributed by atoms with E-state index in [0.29, 0.717) is 0 Å². The first-order chi connectivity index (χ1) is 8.84. The van der Waals surface area contributed by atoms with E-state index in [2.05, 4.69) is 104 Å². The van der Waals surface area contributed by atoms with E-state index in [9.17, 15) is 0 Å². The molecule has 0 heterocycles. The Balaban J connectivity index is 3.04. The second-order valence-corrected chi connectivity index (χ2v) is 7.36. The molecule has 19 heavy (non-hydrogen) atoms. The standard InChI is InChI=1S/C14H15Br3N2/c1-18(2)13-9(15)6-5-8-10(16)7-11(17)14(12(8)13)19(3)4/h5-7H,1-4H3. The number of anilines is 2. The lowest BCUT2D eigenvalue weighted by Gasteiger charge is -2.24. The molecule has 2 aromatic rings. The van der Waals surface area contributed by atoms with Crippen LogP contribution >= 0.6 is 47.8 Å². The smallest absolute Gasteiger partial charge is 0.0607 e. The minimum absolute atomic E-state index is 1.08. The van der Waals surface area contributed by atoms with Gasteiger partial charge in [-0.3, -0.25) is 0 Å². The van der Waals surface area contributed by atoms with Crippen LogP contribution < -0.4 is 9.80 Å². The van der Waals surface area contributed by atoms with Gasteiger partial charge in [0, 0.05) is 52.4 Å². The van der Waals surface area contributed by atoms with Crippen LogP contribution in [0.5, 0.6) is 0 Å². The molecular formula is C14H15Br3N2. The maximum absolute atomic E-state index is 3.67. The highest BCUT2D eigenvalue weighted by molar-refractivity contribution is 9.11. The number of nitrogens with zero attached hydrogens (tertiary/aromatic N) is 2. The van der Waals surface area contributed by atoms with Crippen LogP contribution in [0.15, 0.2) is 31.6 Å². The molecule has 0 bridgehead atoms. The molecule has 5 heteroatoms. The van der Waals surface area contributed by atoms with Gasteiger partial charge in [0.05, 0.1) is 11.4 Å². The van der Waals surface area contributed by atoms with Crippen LogP contribution in [0.25, 0.3) is 10.8 Å². The SMILES string of the molecule is CN(C)c1c(Br)ccc2c(Br)cc(Br)c(N(C)C)c12. The molecule has 0 aliphatic carbocycles. The molecule has 2 rings (SSSR count). The second kappa shape index (κ2) is 5.62. The fraction of sp³-hybridized carbons (Fsp3) is 0.286. The fourth-order valence-corrected chi connectivity index (χ4v) is 4.59. The van der Waals surface area contributed by atoms with Crippen LogP contribution in [0.1, 0.15) is 0 Å². The lowest BCUT2D eigenvalue weighted by atomic mass is 10.1. The topological polar surface area (TPSA) is 6.48 Å². The lowest BCUT2D eigenvalue weighted by Crippen LogP contribution is -2.14. The zero-order chi connectivity index (χ0) is 14.3. The van der Waals surface area contributed by atoms with E-state index in [-0.39, 0.29) is 0 Å². The summed E-state index contributed by atoms with van der Waals surface area (Å²) in [5.74, 6) is 0. The van der Waals surface area contributed by atoms with Crippen molar-refractivity contribution >= 4 is 69.9 Å². The van der Waals surface area contributed by atoms with Crippen molar-refractivity contribution in [3.63, 3.8) is 0 Å². The second-order valence-electron chi connectivity index (χ2n) is 4.80. The molecule has 102 valence electrons. The van der Waals surface area contributed by atoms with Crippen LogP contribution in [0.2, 0.25) is 0 Å². The van der Waals surface area contributed by atoms with Crippen LogP contribution in [-0.4, -0.2) is 28.2 Å². The Morgan fingerprint density at radius 1 is 0.737 bits per heavy atom. The summed E-state index contributed by atoms with van der Waals surface area (Å²) in [7, 11) is 8.25. The highest BCUT2D eigenvalue weighted by atomic mass is 79.9. The van der Waals surface area contributed by atoms with Crippen LogP contribution in [0, 0.1) is 0 Å². The van der Waals surface area contributed by atoms with Crippen molar-refractivity contribution in [2.24, 2.45) is 0 Å². The Morgan fingerprint density at radius 3 is 1.79 bits per heavy atom. The van der Waals surface area contributed by atoms with Crippen molar-refractivity contribution in [1.82, 2.24) is 0 Å². The number of hydrogen-bond donors (Lipinski definition) is 0. The normalized spacial score (nSPS) is 10.9. The number of hydrogen-bond acceptors (Lipinski definition) is 2. The molecule has 0 amide bonds. The van der Waals surface area contributed by atoms with Crippen molar-refractivity contribution in [2.45, 2.75) is 0 Å². The van der Waals surface area contributed by atoms with E-state index in [1.807, 2.05) is 0 Å². The molecule has 0 saturated carbocycles. The molecule has 0 atom stereocenters. The van der Waals surface area contributed by atoms with Gasteiger partial charge in [0.25, 0.3) is 0 Å². The summed E-state index contributed by atoms with van der Waals surface area (Å²) in [6.07, 6.45) is 0. The van der Waals surface area contributed by atoms with Gasteiger partial charge >= 0.3 is 0 Å². The minimum Gasteiger partial charge on any atom is -0.376 e. The van der Waals surface area contributed by atoms with E-state index in [1.165, 1.54) is 22.1 Å². The highest BCUT2D eigenvalue weighted by Crippen LogP contribution is 2.45. The zero-order valence-electron chi connectivity index (χ0n) is 11.3. The number of rotatable bonds is 2. The van der Waals surface area contributed by atoms with Gasteiger partial charge in [0.2, 0.25) is 0 Å². The number of benzene rings is 2. The van der Waals surface area contributed by atoms with Gasteiger partial charge in [-0.25, -0.2) is 0 Å². The third-order valence-corrected chi connectivity index (χ3v) is 4.90. The van der Waals surface area contributed by atoms with E-state index >= 15 is 0 Å². The Labute approximate surface area is 139 Å². The van der Waals surface area contributed by atoms with Crippen LogP contribution in [0.3, 0.4) is 0 Å². The summed E-state index contributed by atoms with van der Waals surface area (Å²) >= 11 is 11.0. The molecule has 0 fully saturated rings. The first-order valence-electron chi connectivity index (χ1n) is 5.79. The largest absolute Gasteiger partial charge is 0.376 e. The number of halogens is 3. The molecule has 0 spiro atoms. The van der Waals surface area contributed by atoms with Gasteiger partial charge in [-0.05, 0) is 44.0 Å². The monoisotopic (exact) mass is 448 g/mol. The summed E-state index contributed by atoms with van der Waals surface area (Å²) in [4.78, 5) is 4.27. The van der Waals surface area contributed by atoms with E-state index in [1.54, 1.807) is 0 Å². The molecular weight excluding hydrogens is 436 g/mol. The van der Waals surface area contributed by atoms with Gasteiger partial charge in [-0.2, -0.15) is 0 Å². The van der Waals surface area contributed by atoms with E-state index in [4.69, 9.17) is 0 Å². The zero-order valence-corrected chi connectivity index (χ0v) is 16.0. The van der Waals surface area contributed by atoms with Gasteiger partial charge in [-0.15, -0.1) is 0 Å². The Hall–Kier alpha value is -0.260. The van der Waals surface area contributed by atoms with Crippen molar-refractivity contribution in [3.05, 3.63) is 31.6 Å². The number of fused-ring (bicyclic) bond motifs is 1. The minimum atomic E-state index is 1.08. The van der Waals surface area contributed by atoms with Gasteiger partial charge in [0.1, 0.15) is 0 Å². The molecule has 0 unspecified atom stereocenters. The maximum atomic E-state index is 3.67. The Morgan fingerprint density at radius 2 is 1.26 bits per heavy atom. The third kappa shape index (κ3) is 2.65. The van der Waals surface area contributed by atoms with Crippen molar-refractivity contribution in [2.75, 3.05) is 38.0 Å². The van der Waals surface area contributed by atoms with E-state index < -0.39 is 0 Å². The summed E-state index contributed by atoms with van der Waals surface area (Å²) in [5, 5.41) is 2.43. The van der Waals surface area contributed by atoms with Crippen molar-refractivity contribution in [3.8, 4) is 0 Å². The van der Waals surface area contributed by atoms with Crippen molar-refractivity contribution in [1.29, 1.82) is 0 Å². The summed E-state index contributed by atoms with van der Waals surface area (Å²) < 4.78 is 3.27. The summed E-state index contributed by atoms with van der Waals surface area (Å²) in [6.45, 7) is 0. The molecule has 0 aliphatic rings. The molecule has 0 radical (unpaired) electrons. The van der Waals surface area contributed by atoms with E-state index in [0.717, 1.165) is 13.4 Å². The Kier molecular flexibility index (Phi) is 4.48. The average Bonchev–Trinajstić information content (AvgIpc) is 2.26. The average molecular weight is 451 g/mol. The van der Waals surface area contributed by atoms with Gasteiger partial charge in [0.15, 0.2) is 0 Å². The molecule has 0 aliphatic heterocycles. The molecule has 0 N–H and O–H groups in total. The first-order valence-corrected chi connectivity index (χ1v) is 8.17. The predicted octanol–water partition coefficient (Wildman–Crippen LogP) is 5.26. The fourth-order valence-electron chi connectivity index (χ4n) is 2.26. The van der Waals surface area contributed by atoms with Crippen LogP contribution in [0.4, 0.5) is 11.4 Å². The van der Waals surface area contributed by atoms with Gasteiger partial charge in [-0.1, -0.05) is 22.0 Å².